The number of aromatic hydroxyl groups is 1. The number of carbonyl (C=O) groups is 1. The molecule has 3 nitrogen and oxygen atoms in total. The fourth-order valence-electron chi connectivity index (χ4n) is 1.11. The fraction of sp³-hybridized carbons (Fsp3) is 0.300. The summed E-state index contributed by atoms with van der Waals surface area (Å²) >= 11 is 5.79. The Labute approximate surface area is 87.5 Å². The van der Waals surface area contributed by atoms with E-state index in [0.29, 0.717) is 0 Å². The molecule has 0 aliphatic rings. The molecular weight excluding hydrogens is 202 g/mol. The Balaban J connectivity index is 3.24. The van der Waals surface area contributed by atoms with Crippen molar-refractivity contribution in [2.75, 3.05) is 0 Å². The summed E-state index contributed by atoms with van der Waals surface area (Å²) in [6.45, 7) is 3.32. The Morgan fingerprint density at radius 1 is 1.57 bits per heavy atom. The number of hydrogen-bond acceptors (Lipinski definition) is 3. The second-order valence-electron chi connectivity index (χ2n) is 3.25. The molecule has 14 heavy (non-hydrogen) atoms. The third kappa shape index (κ3) is 1.89. The van der Waals surface area contributed by atoms with Crippen LogP contribution in [0.3, 0.4) is 0 Å². The molecule has 0 radical (unpaired) electrons. The van der Waals surface area contributed by atoms with Crippen LogP contribution < -0.4 is 5.73 Å². The minimum Gasteiger partial charge on any atom is -0.506 e. The van der Waals surface area contributed by atoms with Crippen LogP contribution in [0.4, 0.5) is 0 Å². The average Bonchev–Trinajstić information content (AvgIpc) is 2.13. The lowest BCUT2D eigenvalue weighted by molar-refractivity contribution is 0.0965. The van der Waals surface area contributed by atoms with Gasteiger partial charge in [0.1, 0.15) is 5.75 Å². The molecule has 0 aliphatic heterocycles. The lowest BCUT2D eigenvalue weighted by atomic mass is 10.0. The summed E-state index contributed by atoms with van der Waals surface area (Å²) in [4.78, 5) is 11.5. The summed E-state index contributed by atoms with van der Waals surface area (Å²) in [5.41, 5.74) is 6.32. The Morgan fingerprint density at radius 2 is 2.14 bits per heavy atom. The van der Waals surface area contributed by atoms with Gasteiger partial charge in [0.25, 0.3) is 0 Å². The third-order valence-corrected chi connectivity index (χ3v) is 2.47. The quantitative estimate of drug-likeness (QED) is 0.738. The molecule has 4 heteroatoms. The minimum absolute atomic E-state index is 0.176. The van der Waals surface area contributed by atoms with Crippen LogP contribution in [0.2, 0.25) is 5.02 Å². The molecule has 1 rings (SSSR count). The van der Waals surface area contributed by atoms with Crippen molar-refractivity contribution in [3.05, 3.63) is 28.3 Å². The first kappa shape index (κ1) is 11.0. The number of ketones is 1. The molecular formula is C10H12ClNO2. The molecule has 0 saturated carbocycles. The summed E-state index contributed by atoms with van der Waals surface area (Å²) in [6, 6.07) is 2.57. The van der Waals surface area contributed by atoms with E-state index in [1.54, 1.807) is 19.9 Å². The summed E-state index contributed by atoms with van der Waals surface area (Å²) in [7, 11) is 0. The highest BCUT2D eigenvalue weighted by atomic mass is 35.5. The first-order valence-corrected chi connectivity index (χ1v) is 4.60. The predicted molar refractivity (Wildman–Crippen MR) is 55.8 cm³/mol. The third-order valence-electron chi connectivity index (χ3n) is 1.99. The lowest BCUT2D eigenvalue weighted by Crippen LogP contribution is -2.26. The highest BCUT2D eigenvalue weighted by molar-refractivity contribution is 6.33. The van der Waals surface area contributed by atoms with E-state index in [1.165, 1.54) is 6.07 Å². The van der Waals surface area contributed by atoms with Crippen LogP contribution in [-0.4, -0.2) is 16.9 Å². The topological polar surface area (TPSA) is 63.3 Å². The molecule has 3 N–H and O–H groups in total. The van der Waals surface area contributed by atoms with Gasteiger partial charge >= 0.3 is 0 Å². The number of Topliss-reactive ketones (excluding diaryl/α,β-unsaturated/α-hetero) is 1. The number of nitrogens with two attached hydrogens (primary N) is 1. The fourth-order valence-corrected chi connectivity index (χ4v) is 1.27. The van der Waals surface area contributed by atoms with Gasteiger partial charge in [-0.25, -0.2) is 0 Å². The molecule has 0 fully saturated rings. The van der Waals surface area contributed by atoms with Gasteiger partial charge in [-0.15, -0.1) is 0 Å². The summed E-state index contributed by atoms with van der Waals surface area (Å²) in [5, 5.41) is 9.79. The van der Waals surface area contributed by atoms with Gasteiger partial charge in [0.05, 0.1) is 16.6 Å². The van der Waals surface area contributed by atoms with Crippen LogP contribution in [-0.2, 0) is 0 Å². The molecule has 1 aromatic rings. The van der Waals surface area contributed by atoms with Crippen molar-refractivity contribution >= 4 is 17.4 Å². The zero-order chi connectivity index (χ0) is 10.9. The van der Waals surface area contributed by atoms with E-state index in [4.69, 9.17) is 17.3 Å². The molecule has 0 bridgehead atoms. The Bertz CT molecular complexity index is 375. The van der Waals surface area contributed by atoms with Gasteiger partial charge in [0.2, 0.25) is 0 Å². The zero-order valence-electron chi connectivity index (χ0n) is 8.04. The van der Waals surface area contributed by atoms with Gasteiger partial charge < -0.3 is 10.8 Å². The largest absolute Gasteiger partial charge is 0.506 e. The van der Waals surface area contributed by atoms with Crippen molar-refractivity contribution in [2.45, 2.75) is 19.9 Å². The number of hydrogen-bond donors (Lipinski definition) is 2. The van der Waals surface area contributed by atoms with Crippen LogP contribution in [0.15, 0.2) is 12.1 Å². The number of carbonyl (C=O) groups excluding carboxylic acids is 1. The molecule has 1 unspecified atom stereocenters. The molecule has 1 aromatic carbocycles. The van der Waals surface area contributed by atoms with E-state index in [0.717, 1.165) is 5.56 Å². The number of phenols is 1. The highest BCUT2D eigenvalue weighted by Crippen LogP contribution is 2.30. The summed E-state index contributed by atoms with van der Waals surface area (Å²) in [6.07, 6.45) is 0. The maximum absolute atomic E-state index is 11.5. The second-order valence-corrected chi connectivity index (χ2v) is 3.62. The van der Waals surface area contributed by atoms with E-state index in [2.05, 4.69) is 0 Å². The first-order valence-electron chi connectivity index (χ1n) is 4.23. The summed E-state index contributed by atoms with van der Waals surface area (Å²) < 4.78 is 0. The monoisotopic (exact) mass is 213 g/mol. The predicted octanol–water partition coefficient (Wildman–Crippen LogP) is 1.88. The number of benzene rings is 1. The van der Waals surface area contributed by atoms with E-state index >= 15 is 0 Å². The number of phenolic OH excluding ortho intramolecular Hbond substituents is 1. The Morgan fingerprint density at radius 3 is 2.64 bits per heavy atom. The minimum atomic E-state index is -0.639. The highest BCUT2D eigenvalue weighted by Gasteiger charge is 2.17. The molecule has 76 valence electrons. The average molecular weight is 214 g/mol. The van der Waals surface area contributed by atoms with Crippen LogP contribution in [0.5, 0.6) is 5.75 Å². The van der Waals surface area contributed by atoms with Crippen molar-refractivity contribution in [2.24, 2.45) is 5.73 Å². The van der Waals surface area contributed by atoms with Gasteiger partial charge in [0, 0.05) is 0 Å². The smallest absolute Gasteiger partial charge is 0.182 e. The van der Waals surface area contributed by atoms with Crippen molar-refractivity contribution in [1.82, 2.24) is 0 Å². The van der Waals surface area contributed by atoms with Crippen LogP contribution in [0, 0.1) is 6.92 Å². The normalized spacial score (nSPS) is 12.6. The molecule has 0 spiro atoms. The summed E-state index contributed by atoms with van der Waals surface area (Å²) in [5.74, 6) is -0.502. The van der Waals surface area contributed by atoms with Crippen LogP contribution in [0.1, 0.15) is 22.8 Å². The Hall–Kier alpha value is -1.06. The maximum Gasteiger partial charge on any atom is 0.182 e. The van der Waals surface area contributed by atoms with Crippen molar-refractivity contribution in [1.29, 1.82) is 0 Å². The van der Waals surface area contributed by atoms with Gasteiger partial charge in [0.15, 0.2) is 5.78 Å². The van der Waals surface area contributed by atoms with E-state index in [-0.39, 0.29) is 22.1 Å². The van der Waals surface area contributed by atoms with E-state index < -0.39 is 6.04 Å². The lowest BCUT2D eigenvalue weighted by Gasteiger charge is -2.09. The van der Waals surface area contributed by atoms with E-state index in [1.807, 2.05) is 0 Å². The molecule has 0 amide bonds. The molecule has 0 saturated heterocycles. The van der Waals surface area contributed by atoms with Crippen LogP contribution in [0.25, 0.3) is 0 Å². The first-order chi connectivity index (χ1) is 6.45. The van der Waals surface area contributed by atoms with Gasteiger partial charge in [-0.1, -0.05) is 17.7 Å². The maximum atomic E-state index is 11.5. The molecule has 0 aliphatic carbocycles. The number of halogens is 1. The zero-order valence-corrected chi connectivity index (χ0v) is 8.80. The molecule has 1 atom stereocenters. The van der Waals surface area contributed by atoms with Crippen LogP contribution >= 0.6 is 11.6 Å². The van der Waals surface area contributed by atoms with Crippen molar-refractivity contribution in [3.8, 4) is 5.75 Å². The second kappa shape index (κ2) is 3.98. The van der Waals surface area contributed by atoms with Gasteiger partial charge in [-0.2, -0.15) is 0 Å². The van der Waals surface area contributed by atoms with Crippen molar-refractivity contribution in [3.63, 3.8) is 0 Å². The van der Waals surface area contributed by atoms with Gasteiger partial charge in [-0.3, -0.25) is 4.79 Å². The molecule has 0 heterocycles. The molecule has 0 aromatic heterocycles. The standard InChI is InChI=1S/C10H12ClNO2/c1-5-3-4-7(9(13)6(2)12)10(14)8(5)11/h3-4,6,14H,12H2,1-2H3. The van der Waals surface area contributed by atoms with E-state index in [9.17, 15) is 9.90 Å². The number of aryl methyl sites for hydroxylation is 1. The number of rotatable bonds is 2. The SMILES string of the molecule is Cc1ccc(C(=O)C(C)N)c(O)c1Cl. The van der Waals surface area contributed by atoms with Gasteiger partial charge in [-0.05, 0) is 25.5 Å². The van der Waals surface area contributed by atoms with Crippen molar-refractivity contribution < 1.29 is 9.90 Å². The Kier molecular flexibility index (Phi) is 3.13.